The second-order valence-corrected chi connectivity index (χ2v) is 15.3. The maximum atomic E-state index is 13.5. The van der Waals surface area contributed by atoms with Crippen molar-refractivity contribution < 1.29 is 46.6 Å². The number of anilines is 1. The minimum Gasteiger partial charge on any atom is -0.497 e. The lowest BCUT2D eigenvalue weighted by Crippen LogP contribution is -2.38. The number of halogens is 3. The highest BCUT2D eigenvalue weighted by atomic mass is 19.4. The fraction of sp³-hybridized carbons (Fsp3) is 0.333. The van der Waals surface area contributed by atoms with E-state index in [0.717, 1.165) is 11.6 Å². The van der Waals surface area contributed by atoms with Crippen molar-refractivity contribution in [2.45, 2.75) is 78.4 Å². The number of ether oxygens (including phenoxy) is 3. The Hall–Kier alpha value is -6.71. The normalized spacial score (nSPS) is 11.1. The smallest absolute Gasteiger partial charge is 0.416 e. The summed E-state index contributed by atoms with van der Waals surface area (Å²) in [5.41, 5.74) is 0.878. The van der Waals surface area contributed by atoms with Gasteiger partial charge < -0.3 is 29.7 Å². The molecule has 0 unspecified atom stereocenters. The van der Waals surface area contributed by atoms with Crippen LogP contribution in [0.1, 0.15) is 74.2 Å². The van der Waals surface area contributed by atoms with Gasteiger partial charge >= 0.3 is 18.1 Å². The lowest BCUT2D eigenvalue weighted by atomic mass is 10.0. The number of carbonyl (C=O) groups is 4. The molecule has 316 valence electrons. The van der Waals surface area contributed by atoms with E-state index in [4.69, 9.17) is 27.4 Å². The van der Waals surface area contributed by atoms with E-state index in [2.05, 4.69) is 20.3 Å². The Morgan fingerprint density at radius 1 is 0.717 bits per heavy atom. The molecule has 15 heteroatoms. The highest BCUT2D eigenvalue weighted by molar-refractivity contribution is 5.97. The third kappa shape index (κ3) is 16.6. The van der Waals surface area contributed by atoms with E-state index in [0.29, 0.717) is 23.5 Å². The fourth-order valence-corrected chi connectivity index (χ4v) is 5.36. The molecule has 4 aromatic carbocycles. The van der Waals surface area contributed by atoms with Gasteiger partial charge in [0, 0.05) is 24.3 Å². The van der Waals surface area contributed by atoms with Crippen LogP contribution in [0.5, 0.6) is 5.75 Å². The van der Waals surface area contributed by atoms with Crippen LogP contribution in [0.25, 0.3) is 9.69 Å². The van der Waals surface area contributed by atoms with Gasteiger partial charge in [-0.15, -0.1) is 0 Å². The zero-order chi connectivity index (χ0) is 44.7. The van der Waals surface area contributed by atoms with Gasteiger partial charge in [0.25, 0.3) is 5.91 Å². The van der Waals surface area contributed by atoms with Crippen molar-refractivity contribution in [1.29, 1.82) is 0 Å². The number of nitrogens with zero attached hydrogens (tertiary/aromatic N) is 3. The van der Waals surface area contributed by atoms with E-state index < -0.39 is 47.1 Å². The van der Waals surface area contributed by atoms with Crippen molar-refractivity contribution in [3.8, 4) is 5.75 Å². The number of esters is 2. The number of methoxy groups -OCH3 is 1. The van der Waals surface area contributed by atoms with Crippen LogP contribution in [-0.4, -0.2) is 60.1 Å². The number of alkyl halides is 3. The summed E-state index contributed by atoms with van der Waals surface area (Å²) in [5, 5.41) is 5.55. The fourth-order valence-electron chi connectivity index (χ4n) is 5.36. The van der Waals surface area contributed by atoms with E-state index in [1.807, 2.05) is 32.9 Å². The molecule has 0 saturated carbocycles. The molecule has 0 aliphatic rings. The van der Waals surface area contributed by atoms with Crippen LogP contribution in [-0.2, 0) is 49.5 Å². The summed E-state index contributed by atoms with van der Waals surface area (Å²) in [6, 6.07) is 23.0. The molecular formula is C45H48F3N5O7. The van der Waals surface area contributed by atoms with Gasteiger partial charge in [-0.2, -0.15) is 13.2 Å². The molecule has 4 aromatic rings. The highest BCUT2D eigenvalue weighted by Crippen LogP contribution is 2.35. The second kappa shape index (κ2) is 21.3. The average molecular weight is 828 g/mol. The summed E-state index contributed by atoms with van der Waals surface area (Å²) in [4.78, 5) is 57.9. The first kappa shape index (κ1) is 47.7. The molecule has 0 atom stereocenters. The molecule has 0 radical (unpaired) electrons. The molecule has 60 heavy (non-hydrogen) atoms. The first-order chi connectivity index (χ1) is 28.1. The molecule has 2 amide bonds. The predicted octanol–water partition coefficient (Wildman–Crippen LogP) is 9.10. The maximum Gasteiger partial charge on any atom is 0.416 e. The number of hydrogen-bond acceptors (Lipinski definition) is 8. The molecule has 4 rings (SSSR count). The number of hydrogen-bond donors (Lipinski definition) is 2. The zero-order valence-corrected chi connectivity index (χ0v) is 34.5. The van der Waals surface area contributed by atoms with E-state index in [-0.39, 0.29) is 48.2 Å². The Morgan fingerprint density at radius 3 is 1.75 bits per heavy atom. The second-order valence-electron chi connectivity index (χ2n) is 15.3. The predicted molar refractivity (Wildman–Crippen MR) is 220 cm³/mol. The number of benzene rings is 4. The topological polar surface area (TPSA) is 132 Å². The van der Waals surface area contributed by atoms with E-state index in [9.17, 15) is 32.3 Å². The summed E-state index contributed by atoms with van der Waals surface area (Å²) in [5.74, 6) is -2.01. The van der Waals surface area contributed by atoms with Crippen molar-refractivity contribution >= 4 is 40.8 Å². The Morgan fingerprint density at radius 2 is 1.25 bits per heavy atom. The number of nitrogens with one attached hydrogen (secondary N) is 2. The standard InChI is InChI=1S/C31H30F3N3O5.C14H18N2O2/c1-30(2,3)42-28(39)19-37(18-20-6-11-23(35-4)12-7-20)29(40)21-8-13-24(14-9-21)36-27(38)16-22-10-15-25(41-5)17-26(22)31(32,33)34;1-14(2,3)18-13(17)10-16-9-11-5-7-12(15-4)8-6-11/h6-15,17H,16,18-19H2,1-3,5H3,(H,36,38);5-8,16H,9-10H2,1-3H3. The minimum atomic E-state index is -4.67. The van der Waals surface area contributed by atoms with Crippen LogP contribution in [0, 0.1) is 13.1 Å². The van der Waals surface area contributed by atoms with Crippen molar-refractivity contribution in [2.24, 2.45) is 0 Å². The summed E-state index contributed by atoms with van der Waals surface area (Å²) in [7, 11) is 1.25. The van der Waals surface area contributed by atoms with Gasteiger partial charge in [-0.1, -0.05) is 54.6 Å². The number of rotatable bonds is 13. The Balaban J connectivity index is 0.000000445. The number of amides is 2. The Labute approximate surface area is 348 Å². The van der Waals surface area contributed by atoms with Crippen LogP contribution < -0.4 is 15.4 Å². The van der Waals surface area contributed by atoms with Gasteiger partial charge in [0.05, 0.1) is 38.8 Å². The summed E-state index contributed by atoms with van der Waals surface area (Å²) in [6.07, 6.45) is -5.20. The van der Waals surface area contributed by atoms with E-state index in [1.54, 1.807) is 57.2 Å². The van der Waals surface area contributed by atoms with Gasteiger partial charge in [-0.05, 0) is 94.6 Å². The Kier molecular flexibility index (Phi) is 17.0. The van der Waals surface area contributed by atoms with Crippen LogP contribution in [0.3, 0.4) is 0 Å². The summed E-state index contributed by atoms with van der Waals surface area (Å²) >= 11 is 0. The summed E-state index contributed by atoms with van der Waals surface area (Å²) in [6.45, 7) is 25.1. The van der Waals surface area contributed by atoms with E-state index in [1.165, 1.54) is 48.4 Å². The average Bonchev–Trinajstić information content (AvgIpc) is 3.16. The third-order valence-corrected chi connectivity index (χ3v) is 7.94. The van der Waals surface area contributed by atoms with Gasteiger partial charge in [0.1, 0.15) is 23.5 Å². The molecule has 0 heterocycles. The molecular weight excluding hydrogens is 780 g/mol. The zero-order valence-electron chi connectivity index (χ0n) is 34.5. The molecule has 0 aliphatic heterocycles. The first-order valence-corrected chi connectivity index (χ1v) is 18.6. The van der Waals surface area contributed by atoms with Crippen molar-refractivity contribution in [1.82, 2.24) is 10.2 Å². The largest absolute Gasteiger partial charge is 0.497 e. The van der Waals surface area contributed by atoms with Crippen LogP contribution >= 0.6 is 0 Å². The van der Waals surface area contributed by atoms with Crippen LogP contribution in [0.15, 0.2) is 91.0 Å². The lowest BCUT2D eigenvalue weighted by Gasteiger charge is -2.25. The van der Waals surface area contributed by atoms with Crippen molar-refractivity contribution in [2.75, 3.05) is 25.5 Å². The molecule has 0 fully saturated rings. The molecule has 2 N–H and O–H groups in total. The number of carbonyl (C=O) groups excluding carboxylic acids is 4. The quantitative estimate of drug-likeness (QED) is 0.101. The highest BCUT2D eigenvalue weighted by Gasteiger charge is 2.34. The monoisotopic (exact) mass is 827 g/mol. The third-order valence-electron chi connectivity index (χ3n) is 7.94. The van der Waals surface area contributed by atoms with Crippen molar-refractivity contribution in [3.63, 3.8) is 0 Å². The minimum absolute atomic E-state index is 0.0211. The van der Waals surface area contributed by atoms with Gasteiger partial charge in [-0.25, -0.2) is 9.69 Å². The summed E-state index contributed by atoms with van der Waals surface area (Å²) < 4.78 is 55.9. The lowest BCUT2D eigenvalue weighted by molar-refractivity contribution is -0.156. The van der Waals surface area contributed by atoms with E-state index >= 15 is 0 Å². The van der Waals surface area contributed by atoms with Crippen LogP contribution in [0.2, 0.25) is 0 Å². The molecule has 0 spiro atoms. The molecule has 12 nitrogen and oxygen atoms in total. The van der Waals surface area contributed by atoms with Crippen LogP contribution in [0.4, 0.5) is 30.2 Å². The Bertz CT molecular complexity index is 2180. The SMILES string of the molecule is [C-]#[N+]c1ccc(CN(CC(=O)OC(C)(C)C)C(=O)c2ccc(NC(=O)Cc3ccc(OC)cc3C(F)(F)F)cc2)cc1.[C-]#[N+]c1ccc(CNCC(=O)OC(C)(C)C)cc1. The molecule has 0 bridgehead atoms. The first-order valence-electron chi connectivity index (χ1n) is 18.6. The molecule has 0 saturated heterocycles. The van der Waals surface area contributed by atoms with Gasteiger partial charge in [-0.3, -0.25) is 19.2 Å². The molecule has 0 aliphatic carbocycles. The van der Waals surface area contributed by atoms with Crippen molar-refractivity contribution in [3.05, 3.63) is 142 Å². The van der Waals surface area contributed by atoms with Gasteiger partial charge in [0.2, 0.25) is 5.91 Å². The maximum absolute atomic E-state index is 13.5. The molecule has 0 aromatic heterocycles. The van der Waals surface area contributed by atoms with Gasteiger partial charge in [0.15, 0.2) is 11.4 Å².